The van der Waals surface area contributed by atoms with E-state index in [2.05, 4.69) is 26.6 Å². The third-order valence-electron chi connectivity index (χ3n) is 5.63. The first-order chi connectivity index (χ1) is 14.2. The molecule has 160 valence electrons. The summed E-state index contributed by atoms with van der Waals surface area (Å²) in [7, 11) is 3.48. The molecule has 1 aliphatic carbocycles. The van der Waals surface area contributed by atoms with E-state index in [4.69, 9.17) is 9.47 Å². The molecular formula is C22H34N4O3. The average Bonchev–Trinajstić information content (AvgIpc) is 3.42. The smallest absolute Gasteiger partial charge is 0.306 e. The molecule has 1 unspecified atom stereocenters. The van der Waals surface area contributed by atoms with Crippen molar-refractivity contribution in [1.29, 1.82) is 0 Å². The summed E-state index contributed by atoms with van der Waals surface area (Å²) in [4.78, 5) is 18.6. The van der Waals surface area contributed by atoms with E-state index in [1.165, 1.54) is 12.8 Å². The number of carbonyl (C=O) groups excluding carboxylic acids is 1. The Hall–Kier alpha value is -2.44. The normalized spacial score (nSPS) is 20.0. The molecule has 2 N–H and O–H groups in total. The fraction of sp³-hybridized carbons (Fsp3) is 0.636. The number of para-hydroxylation sites is 2. The second kappa shape index (κ2) is 10.9. The molecule has 0 spiro atoms. The first-order valence-electron chi connectivity index (χ1n) is 10.7. The third kappa shape index (κ3) is 6.27. The van der Waals surface area contributed by atoms with Crippen molar-refractivity contribution in [3.8, 4) is 5.75 Å². The molecule has 29 heavy (non-hydrogen) atoms. The van der Waals surface area contributed by atoms with Gasteiger partial charge in [-0.3, -0.25) is 9.79 Å². The summed E-state index contributed by atoms with van der Waals surface area (Å²) in [6.45, 7) is 2.57. The van der Waals surface area contributed by atoms with Crippen LogP contribution >= 0.6 is 0 Å². The van der Waals surface area contributed by atoms with Gasteiger partial charge in [0.2, 0.25) is 0 Å². The minimum atomic E-state index is -0.0788. The van der Waals surface area contributed by atoms with Gasteiger partial charge in [0.25, 0.3) is 0 Å². The van der Waals surface area contributed by atoms with E-state index < -0.39 is 0 Å². The Bertz CT molecular complexity index is 688. The molecule has 0 radical (unpaired) electrons. The lowest BCUT2D eigenvalue weighted by molar-refractivity contribution is -0.148. The zero-order valence-corrected chi connectivity index (χ0v) is 17.7. The zero-order valence-electron chi connectivity index (χ0n) is 17.7. The predicted octanol–water partition coefficient (Wildman–Crippen LogP) is 2.70. The standard InChI is InChI=1S/C22H34N4O3/c1-23-22(24-14-7-12-21(27)29-18-8-3-4-9-18)25-17-13-15-26(16-17)19-10-5-6-11-20(19)28-2/h5-6,10-11,17-18H,3-4,7-9,12-16H2,1-2H3,(H2,23,24,25). The molecule has 1 heterocycles. The van der Waals surface area contributed by atoms with Crippen LogP contribution in [0.2, 0.25) is 0 Å². The monoisotopic (exact) mass is 402 g/mol. The predicted molar refractivity (Wildman–Crippen MR) is 116 cm³/mol. The Balaban J connectivity index is 1.36. The molecule has 1 saturated heterocycles. The number of anilines is 1. The van der Waals surface area contributed by atoms with E-state index in [9.17, 15) is 4.79 Å². The summed E-state index contributed by atoms with van der Waals surface area (Å²) < 4.78 is 11.0. The van der Waals surface area contributed by atoms with E-state index in [0.717, 1.165) is 56.2 Å². The summed E-state index contributed by atoms with van der Waals surface area (Å²) in [6, 6.07) is 8.44. The van der Waals surface area contributed by atoms with Crippen molar-refractivity contribution in [2.45, 2.75) is 57.1 Å². The van der Waals surface area contributed by atoms with E-state index in [1.54, 1.807) is 14.2 Å². The highest BCUT2D eigenvalue weighted by molar-refractivity contribution is 5.80. The Morgan fingerprint density at radius 2 is 2.03 bits per heavy atom. The number of rotatable bonds is 8. The number of guanidine groups is 1. The molecule has 1 aromatic carbocycles. The van der Waals surface area contributed by atoms with Crippen molar-refractivity contribution in [3.05, 3.63) is 24.3 Å². The molecule has 0 amide bonds. The van der Waals surface area contributed by atoms with Crippen molar-refractivity contribution in [3.63, 3.8) is 0 Å². The van der Waals surface area contributed by atoms with Gasteiger partial charge >= 0.3 is 5.97 Å². The molecular weight excluding hydrogens is 368 g/mol. The quantitative estimate of drug-likeness (QED) is 0.301. The molecule has 1 saturated carbocycles. The van der Waals surface area contributed by atoms with Gasteiger partial charge < -0.3 is 25.0 Å². The highest BCUT2D eigenvalue weighted by Crippen LogP contribution is 2.30. The van der Waals surface area contributed by atoms with Crippen LogP contribution in [0.4, 0.5) is 5.69 Å². The van der Waals surface area contributed by atoms with E-state index >= 15 is 0 Å². The number of carbonyl (C=O) groups is 1. The van der Waals surface area contributed by atoms with Crippen LogP contribution in [0.15, 0.2) is 29.3 Å². The van der Waals surface area contributed by atoms with Crippen LogP contribution < -0.4 is 20.3 Å². The molecule has 2 fully saturated rings. The average molecular weight is 403 g/mol. The second-order valence-corrected chi connectivity index (χ2v) is 7.75. The van der Waals surface area contributed by atoms with Gasteiger partial charge in [0.05, 0.1) is 12.8 Å². The lowest BCUT2D eigenvalue weighted by Gasteiger charge is -2.22. The number of hydrogen-bond donors (Lipinski definition) is 2. The number of aliphatic imine (C=N–C) groups is 1. The summed E-state index contributed by atoms with van der Waals surface area (Å²) in [5.41, 5.74) is 1.13. The third-order valence-corrected chi connectivity index (χ3v) is 5.63. The van der Waals surface area contributed by atoms with Crippen molar-refractivity contribution in [2.75, 3.05) is 38.7 Å². The number of hydrogen-bond acceptors (Lipinski definition) is 5. The van der Waals surface area contributed by atoms with Crippen LogP contribution in [0, 0.1) is 0 Å². The lowest BCUT2D eigenvalue weighted by atomic mass is 10.2. The molecule has 7 heteroatoms. The molecule has 1 aromatic rings. The SMILES string of the molecule is CN=C(NCCCC(=O)OC1CCCC1)NC1CCN(c2ccccc2OC)C1. The van der Waals surface area contributed by atoms with Crippen LogP contribution in [-0.4, -0.2) is 57.9 Å². The van der Waals surface area contributed by atoms with Crippen LogP contribution in [-0.2, 0) is 9.53 Å². The van der Waals surface area contributed by atoms with Gasteiger partial charge in [-0.15, -0.1) is 0 Å². The second-order valence-electron chi connectivity index (χ2n) is 7.75. The largest absolute Gasteiger partial charge is 0.495 e. The minimum Gasteiger partial charge on any atom is -0.495 e. The van der Waals surface area contributed by atoms with Crippen molar-refractivity contribution < 1.29 is 14.3 Å². The Labute approximate surface area is 173 Å². The van der Waals surface area contributed by atoms with Crippen LogP contribution in [0.25, 0.3) is 0 Å². The van der Waals surface area contributed by atoms with Gasteiger partial charge in [0, 0.05) is 39.1 Å². The Morgan fingerprint density at radius 3 is 2.79 bits per heavy atom. The molecule has 0 bridgehead atoms. The van der Waals surface area contributed by atoms with Crippen LogP contribution in [0.3, 0.4) is 0 Å². The minimum absolute atomic E-state index is 0.0788. The summed E-state index contributed by atoms with van der Waals surface area (Å²) in [5.74, 6) is 1.60. The van der Waals surface area contributed by atoms with Gasteiger partial charge in [-0.05, 0) is 50.7 Å². The maximum absolute atomic E-state index is 11.9. The van der Waals surface area contributed by atoms with E-state index in [1.807, 2.05) is 18.2 Å². The number of nitrogens with zero attached hydrogens (tertiary/aromatic N) is 2. The molecule has 2 aliphatic rings. The van der Waals surface area contributed by atoms with Gasteiger partial charge in [-0.25, -0.2) is 0 Å². The molecule has 0 aromatic heterocycles. The maximum Gasteiger partial charge on any atom is 0.306 e. The Morgan fingerprint density at radius 1 is 1.24 bits per heavy atom. The first-order valence-corrected chi connectivity index (χ1v) is 10.7. The van der Waals surface area contributed by atoms with E-state index in [-0.39, 0.29) is 12.1 Å². The molecule has 1 atom stereocenters. The fourth-order valence-corrected chi connectivity index (χ4v) is 4.07. The van der Waals surface area contributed by atoms with Crippen molar-refractivity contribution in [1.82, 2.24) is 10.6 Å². The summed E-state index contributed by atoms with van der Waals surface area (Å²) >= 11 is 0. The first kappa shape index (κ1) is 21.3. The number of ether oxygens (including phenoxy) is 2. The maximum atomic E-state index is 11.9. The zero-order chi connectivity index (χ0) is 20.5. The molecule has 3 rings (SSSR count). The van der Waals surface area contributed by atoms with Gasteiger partial charge in [0.15, 0.2) is 5.96 Å². The highest BCUT2D eigenvalue weighted by atomic mass is 16.5. The summed E-state index contributed by atoms with van der Waals surface area (Å²) in [5, 5.41) is 6.80. The van der Waals surface area contributed by atoms with E-state index in [0.29, 0.717) is 19.0 Å². The van der Waals surface area contributed by atoms with Gasteiger partial charge in [-0.2, -0.15) is 0 Å². The van der Waals surface area contributed by atoms with Crippen LogP contribution in [0.5, 0.6) is 5.75 Å². The highest BCUT2D eigenvalue weighted by Gasteiger charge is 2.25. The Kier molecular flexibility index (Phi) is 8.02. The number of esters is 1. The number of nitrogens with one attached hydrogen (secondary N) is 2. The fourth-order valence-electron chi connectivity index (χ4n) is 4.07. The van der Waals surface area contributed by atoms with Gasteiger partial charge in [-0.1, -0.05) is 12.1 Å². The van der Waals surface area contributed by atoms with Crippen LogP contribution in [0.1, 0.15) is 44.9 Å². The number of benzene rings is 1. The molecule has 1 aliphatic heterocycles. The summed E-state index contributed by atoms with van der Waals surface area (Å²) in [6.07, 6.45) is 6.77. The lowest BCUT2D eigenvalue weighted by Crippen LogP contribution is -2.45. The topological polar surface area (TPSA) is 75.2 Å². The molecule has 7 nitrogen and oxygen atoms in total. The number of methoxy groups -OCH3 is 1. The van der Waals surface area contributed by atoms with Crippen molar-refractivity contribution >= 4 is 17.6 Å². The van der Waals surface area contributed by atoms with Gasteiger partial charge in [0.1, 0.15) is 11.9 Å². The van der Waals surface area contributed by atoms with Crippen molar-refractivity contribution in [2.24, 2.45) is 4.99 Å².